The average molecular weight is 351 g/mol. The molecule has 26 heavy (non-hydrogen) atoms. The van der Waals surface area contributed by atoms with Gasteiger partial charge in [0.15, 0.2) is 0 Å². The van der Waals surface area contributed by atoms with Crippen LogP contribution in [-0.4, -0.2) is 29.7 Å². The van der Waals surface area contributed by atoms with Crippen molar-refractivity contribution < 1.29 is 4.74 Å². The molecule has 2 heterocycles. The Balaban J connectivity index is 1.70. The van der Waals surface area contributed by atoms with E-state index in [1.54, 1.807) is 0 Å². The van der Waals surface area contributed by atoms with Crippen LogP contribution in [0.4, 0.5) is 17.5 Å². The minimum atomic E-state index is 0.273. The van der Waals surface area contributed by atoms with Gasteiger partial charge in [-0.3, -0.25) is 0 Å². The van der Waals surface area contributed by atoms with Crippen LogP contribution >= 0.6 is 0 Å². The fourth-order valence-electron chi connectivity index (χ4n) is 3.60. The van der Waals surface area contributed by atoms with Gasteiger partial charge in [-0.2, -0.15) is 4.98 Å². The van der Waals surface area contributed by atoms with Crippen molar-refractivity contribution >= 4 is 23.0 Å². The summed E-state index contributed by atoms with van der Waals surface area (Å²) in [4.78, 5) is 9.00. The largest absolute Gasteiger partial charge is 0.492 e. The molecule has 1 aromatic heterocycles. The molecule has 4 rings (SSSR count). The zero-order chi connectivity index (χ0) is 18.1. The number of hydrogen-bond acceptors (Lipinski definition) is 6. The number of nitrogens with two attached hydrogens (primary N) is 1. The lowest BCUT2D eigenvalue weighted by Gasteiger charge is -2.21. The molecule has 2 aromatic rings. The van der Waals surface area contributed by atoms with Gasteiger partial charge in [0.05, 0.1) is 6.61 Å². The molecule has 0 saturated carbocycles. The Morgan fingerprint density at radius 3 is 2.85 bits per heavy atom. The molecular formula is C20H25N5O. The second-order valence-corrected chi connectivity index (χ2v) is 6.97. The van der Waals surface area contributed by atoms with Crippen LogP contribution in [0.15, 0.2) is 24.3 Å². The van der Waals surface area contributed by atoms with Crippen molar-refractivity contribution in [1.82, 2.24) is 9.97 Å². The molecule has 0 radical (unpaired) electrons. The molecule has 6 nitrogen and oxygen atoms in total. The molecular weight excluding hydrogens is 326 g/mol. The second-order valence-electron chi connectivity index (χ2n) is 6.97. The highest BCUT2D eigenvalue weighted by Crippen LogP contribution is 2.40. The van der Waals surface area contributed by atoms with Gasteiger partial charge in [-0.1, -0.05) is 6.08 Å². The highest BCUT2D eigenvalue weighted by Gasteiger charge is 2.22. The van der Waals surface area contributed by atoms with Gasteiger partial charge in [-0.25, -0.2) is 4.98 Å². The Morgan fingerprint density at radius 1 is 1.19 bits per heavy atom. The van der Waals surface area contributed by atoms with E-state index >= 15 is 0 Å². The van der Waals surface area contributed by atoms with E-state index in [4.69, 9.17) is 10.5 Å². The molecule has 0 spiro atoms. The number of allylic oxidation sites excluding steroid dienone is 1. The highest BCUT2D eigenvalue weighted by molar-refractivity contribution is 5.77. The van der Waals surface area contributed by atoms with Crippen molar-refractivity contribution in [3.63, 3.8) is 0 Å². The van der Waals surface area contributed by atoms with E-state index in [9.17, 15) is 0 Å². The molecule has 0 saturated heterocycles. The number of aryl methyl sites for hydroxylation is 1. The predicted molar refractivity (Wildman–Crippen MR) is 105 cm³/mol. The number of anilines is 3. The lowest BCUT2D eigenvalue weighted by Crippen LogP contribution is -2.21. The number of aromatic nitrogens is 2. The molecule has 1 aliphatic heterocycles. The Morgan fingerprint density at radius 2 is 2.08 bits per heavy atom. The molecule has 0 bridgehead atoms. The third-order valence-electron chi connectivity index (χ3n) is 4.95. The van der Waals surface area contributed by atoms with Crippen LogP contribution in [0.3, 0.4) is 0 Å². The van der Waals surface area contributed by atoms with Gasteiger partial charge in [-0.15, -0.1) is 0 Å². The van der Waals surface area contributed by atoms with Gasteiger partial charge >= 0.3 is 0 Å². The van der Waals surface area contributed by atoms with E-state index in [1.165, 1.54) is 16.7 Å². The number of nitrogens with zero attached hydrogens (tertiary/aromatic N) is 2. The molecule has 1 atom stereocenters. The summed E-state index contributed by atoms with van der Waals surface area (Å²) in [5.41, 5.74) is 11.7. The molecule has 4 N–H and O–H groups in total. The number of benzene rings is 1. The smallest absolute Gasteiger partial charge is 0.229 e. The molecule has 0 fully saturated rings. The Bertz CT molecular complexity index is 862. The predicted octanol–water partition coefficient (Wildman–Crippen LogP) is 3.40. The van der Waals surface area contributed by atoms with Crippen molar-refractivity contribution in [3.8, 4) is 5.75 Å². The van der Waals surface area contributed by atoms with Crippen LogP contribution in [0.1, 0.15) is 36.1 Å². The first-order valence-electron chi connectivity index (χ1n) is 9.17. The van der Waals surface area contributed by atoms with Crippen molar-refractivity contribution in [3.05, 3.63) is 41.1 Å². The summed E-state index contributed by atoms with van der Waals surface area (Å²) in [7, 11) is 1.86. The summed E-state index contributed by atoms with van der Waals surface area (Å²) in [6.07, 6.45) is 6.13. The summed E-state index contributed by atoms with van der Waals surface area (Å²) in [6.45, 7) is 2.70. The number of hydrogen-bond donors (Lipinski definition) is 3. The van der Waals surface area contributed by atoms with Gasteiger partial charge in [0.2, 0.25) is 5.95 Å². The number of fused-ring (bicyclic) bond motifs is 1. The van der Waals surface area contributed by atoms with E-state index in [0.717, 1.165) is 55.2 Å². The molecule has 1 aromatic carbocycles. The van der Waals surface area contributed by atoms with Gasteiger partial charge in [0.1, 0.15) is 11.6 Å². The number of rotatable bonds is 4. The minimum absolute atomic E-state index is 0.273. The third-order valence-corrected chi connectivity index (χ3v) is 4.95. The Hall–Kier alpha value is -2.60. The van der Waals surface area contributed by atoms with Crippen LogP contribution in [0, 0.1) is 6.92 Å². The van der Waals surface area contributed by atoms with Crippen LogP contribution in [0.5, 0.6) is 5.75 Å². The first kappa shape index (κ1) is 16.8. The van der Waals surface area contributed by atoms with E-state index in [0.29, 0.717) is 5.95 Å². The van der Waals surface area contributed by atoms with E-state index in [2.05, 4.69) is 38.8 Å². The van der Waals surface area contributed by atoms with E-state index in [1.807, 2.05) is 20.0 Å². The Labute approximate surface area is 153 Å². The molecule has 0 amide bonds. The fourth-order valence-corrected chi connectivity index (χ4v) is 3.60. The van der Waals surface area contributed by atoms with Crippen molar-refractivity contribution in [1.29, 1.82) is 0 Å². The van der Waals surface area contributed by atoms with Gasteiger partial charge in [-0.05, 0) is 43.9 Å². The molecule has 136 valence electrons. The quantitative estimate of drug-likeness (QED) is 0.783. The van der Waals surface area contributed by atoms with Crippen LogP contribution in [0.2, 0.25) is 0 Å². The maximum atomic E-state index is 6.05. The van der Waals surface area contributed by atoms with Crippen molar-refractivity contribution in [2.75, 3.05) is 24.3 Å². The minimum Gasteiger partial charge on any atom is -0.492 e. The lowest BCUT2D eigenvalue weighted by molar-refractivity contribution is 0.355. The maximum Gasteiger partial charge on any atom is 0.229 e. The van der Waals surface area contributed by atoms with E-state index in [-0.39, 0.29) is 6.04 Å². The zero-order valence-corrected chi connectivity index (χ0v) is 15.3. The third kappa shape index (κ3) is 3.37. The van der Waals surface area contributed by atoms with Crippen LogP contribution < -0.4 is 21.1 Å². The summed E-state index contributed by atoms with van der Waals surface area (Å²) in [5, 5.41) is 6.44. The number of nitrogens with one attached hydrogen (secondary N) is 2. The van der Waals surface area contributed by atoms with Crippen LogP contribution in [0.25, 0.3) is 5.57 Å². The SMILES string of the molecule is CNc1cc(C)nc(Nc2cc3c(c(C4=CCC(N)CC4)c2)OCC3)n1. The highest BCUT2D eigenvalue weighted by atomic mass is 16.5. The van der Waals surface area contributed by atoms with Gasteiger partial charge in [0.25, 0.3) is 0 Å². The van der Waals surface area contributed by atoms with Gasteiger partial charge < -0.3 is 21.1 Å². The molecule has 1 unspecified atom stereocenters. The topological polar surface area (TPSA) is 85.1 Å². The second kappa shape index (κ2) is 6.96. The summed E-state index contributed by atoms with van der Waals surface area (Å²) in [5.74, 6) is 2.42. The summed E-state index contributed by atoms with van der Waals surface area (Å²) >= 11 is 0. The summed E-state index contributed by atoms with van der Waals surface area (Å²) in [6, 6.07) is 6.49. The first-order valence-corrected chi connectivity index (χ1v) is 9.17. The monoisotopic (exact) mass is 351 g/mol. The fraction of sp³-hybridized carbons (Fsp3) is 0.400. The average Bonchev–Trinajstić information content (AvgIpc) is 3.09. The normalized spacial score (nSPS) is 18.7. The molecule has 6 heteroatoms. The van der Waals surface area contributed by atoms with E-state index < -0.39 is 0 Å². The summed E-state index contributed by atoms with van der Waals surface area (Å²) < 4.78 is 5.93. The standard InChI is InChI=1S/C20H25N5O/c1-12-9-18(22-2)25-20(23-12)24-16-10-14-7-8-26-19(14)17(11-16)13-3-5-15(21)6-4-13/h3,9-11,15H,4-8,21H2,1-2H3,(H2,22,23,24,25). The first-order chi connectivity index (χ1) is 12.6. The van der Waals surface area contributed by atoms with Crippen molar-refractivity contribution in [2.45, 2.75) is 38.6 Å². The maximum absolute atomic E-state index is 6.05. The number of ether oxygens (including phenoxy) is 1. The molecule has 1 aliphatic carbocycles. The van der Waals surface area contributed by atoms with Gasteiger partial charge in [0, 0.05) is 48.1 Å². The Kier molecular flexibility index (Phi) is 4.51. The van der Waals surface area contributed by atoms with Crippen molar-refractivity contribution in [2.24, 2.45) is 5.73 Å². The van der Waals surface area contributed by atoms with Crippen LogP contribution in [-0.2, 0) is 6.42 Å². The lowest BCUT2D eigenvalue weighted by atomic mass is 9.89. The molecule has 2 aliphatic rings. The zero-order valence-electron chi connectivity index (χ0n) is 15.3.